The van der Waals surface area contributed by atoms with Gasteiger partial charge in [0, 0.05) is 5.56 Å². The van der Waals surface area contributed by atoms with E-state index in [1.807, 2.05) is 62.4 Å². The molecule has 1 atom stereocenters. The van der Waals surface area contributed by atoms with Gasteiger partial charge in [-0.15, -0.1) is 0 Å². The normalized spacial score (nSPS) is 10.8. The van der Waals surface area contributed by atoms with E-state index in [0.29, 0.717) is 0 Å². The third-order valence-corrected chi connectivity index (χ3v) is 6.32. The summed E-state index contributed by atoms with van der Waals surface area (Å²) in [4.78, 5) is 13.0. The Morgan fingerprint density at radius 1 is 0.750 bits per heavy atom. The van der Waals surface area contributed by atoms with Gasteiger partial charge in [-0.1, -0.05) is 30.3 Å². The second-order valence-corrected chi connectivity index (χ2v) is 8.22. The molecule has 3 aromatic carbocycles. The second kappa shape index (κ2) is 9.57. The standard InChI is InChI=1S/C24H25O2P.Li.H/c1-15-13-17(3)23(19(5)18(15)4)24(25)27-22-12-11-21(14-16(22)2)26-20-9-7-6-8-10-20;;/h6-14,27H,1-5H3;;. The summed E-state index contributed by atoms with van der Waals surface area (Å²) in [5, 5.41) is 1.07. The fourth-order valence-corrected chi connectivity index (χ4v) is 4.47. The van der Waals surface area contributed by atoms with Crippen LogP contribution in [0.4, 0.5) is 0 Å². The molecule has 0 aliphatic rings. The fourth-order valence-electron chi connectivity index (χ4n) is 3.28. The van der Waals surface area contributed by atoms with E-state index in [9.17, 15) is 4.79 Å². The Balaban J connectivity index is 0.00000280. The molecule has 1 unspecified atom stereocenters. The summed E-state index contributed by atoms with van der Waals surface area (Å²) in [6.45, 7) is 10.3. The molecule has 0 spiro atoms. The summed E-state index contributed by atoms with van der Waals surface area (Å²) >= 11 is 0. The molecule has 0 aromatic heterocycles. The van der Waals surface area contributed by atoms with Crippen LogP contribution in [0.2, 0.25) is 0 Å². The van der Waals surface area contributed by atoms with Crippen molar-refractivity contribution >= 4 is 38.3 Å². The van der Waals surface area contributed by atoms with Crippen molar-refractivity contribution in [2.24, 2.45) is 0 Å². The van der Waals surface area contributed by atoms with Gasteiger partial charge >= 0.3 is 18.9 Å². The van der Waals surface area contributed by atoms with Crippen LogP contribution in [0, 0.1) is 34.6 Å². The monoisotopic (exact) mass is 384 g/mol. The molecule has 0 radical (unpaired) electrons. The van der Waals surface area contributed by atoms with Gasteiger partial charge in [0.05, 0.1) is 0 Å². The van der Waals surface area contributed by atoms with Gasteiger partial charge in [-0.25, -0.2) is 0 Å². The van der Waals surface area contributed by atoms with Crippen molar-refractivity contribution in [3.8, 4) is 11.5 Å². The Morgan fingerprint density at radius 3 is 2.07 bits per heavy atom. The molecular formula is C24H26LiO2P. The van der Waals surface area contributed by atoms with Crippen LogP contribution in [0.25, 0.3) is 0 Å². The maximum absolute atomic E-state index is 13.0. The summed E-state index contributed by atoms with van der Waals surface area (Å²) < 4.78 is 5.89. The van der Waals surface area contributed by atoms with E-state index in [2.05, 4.69) is 26.8 Å². The minimum absolute atomic E-state index is 0. The van der Waals surface area contributed by atoms with Crippen LogP contribution in [-0.4, -0.2) is 24.4 Å². The van der Waals surface area contributed by atoms with Crippen LogP contribution in [0.3, 0.4) is 0 Å². The summed E-state index contributed by atoms with van der Waals surface area (Å²) in [7, 11) is 0.110. The molecule has 0 aliphatic carbocycles. The molecular weight excluding hydrogens is 358 g/mol. The average molecular weight is 384 g/mol. The maximum atomic E-state index is 13.0. The minimum atomic E-state index is 0. The molecule has 0 N–H and O–H groups in total. The molecule has 140 valence electrons. The number of benzene rings is 3. The number of hydrogen-bond donors (Lipinski definition) is 0. The molecule has 3 rings (SSSR count). The quantitative estimate of drug-likeness (QED) is 0.428. The molecule has 0 saturated heterocycles. The van der Waals surface area contributed by atoms with Crippen molar-refractivity contribution < 1.29 is 9.53 Å². The first-order valence-electron chi connectivity index (χ1n) is 9.09. The van der Waals surface area contributed by atoms with E-state index in [-0.39, 0.29) is 33.0 Å². The molecule has 0 fully saturated rings. The van der Waals surface area contributed by atoms with Gasteiger partial charge < -0.3 is 4.74 Å². The Labute approximate surface area is 181 Å². The van der Waals surface area contributed by atoms with Crippen LogP contribution in [0.1, 0.15) is 38.2 Å². The number of para-hydroxylation sites is 1. The average Bonchev–Trinajstić information content (AvgIpc) is 2.63. The van der Waals surface area contributed by atoms with Crippen LogP contribution in [0.5, 0.6) is 11.5 Å². The second-order valence-electron chi connectivity index (χ2n) is 6.98. The third-order valence-electron chi connectivity index (χ3n) is 5.01. The van der Waals surface area contributed by atoms with Crippen LogP contribution in [0.15, 0.2) is 54.6 Å². The van der Waals surface area contributed by atoms with Gasteiger partial charge in [-0.3, -0.25) is 4.79 Å². The number of carbonyl (C=O) groups excluding carboxylic acids is 1. The van der Waals surface area contributed by atoms with Gasteiger partial charge in [0.1, 0.15) is 11.5 Å². The van der Waals surface area contributed by atoms with Gasteiger partial charge in [-0.2, -0.15) is 0 Å². The molecule has 3 aromatic rings. The predicted molar refractivity (Wildman–Crippen MR) is 123 cm³/mol. The van der Waals surface area contributed by atoms with Gasteiger partial charge in [-0.05, 0) is 101 Å². The van der Waals surface area contributed by atoms with Crippen molar-refractivity contribution in [3.63, 3.8) is 0 Å². The van der Waals surface area contributed by atoms with Crippen molar-refractivity contribution in [2.45, 2.75) is 34.6 Å². The Kier molecular flexibility index (Phi) is 7.68. The Morgan fingerprint density at radius 2 is 1.43 bits per heavy atom. The number of hydrogen-bond acceptors (Lipinski definition) is 2. The van der Waals surface area contributed by atoms with Gasteiger partial charge in [0.25, 0.3) is 0 Å². The van der Waals surface area contributed by atoms with E-state index in [4.69, 9.17) is 4.74 Å². The zero-order valence-corrected chi connectivity index (χ0v) is 17.5. The molecule has 0 bridgehead atoms. The van der Waals surface area contributed by atoms with Crippen LogP contribution in [-0.2, 0) is 0 Å². The number of rotatable bonds is 5. The SMILES string of the molecule is Cc1cc(Oc2ccccc2)ccc1PC(=O)c1c(C)cc(C)c(C)c1C.[LiH]. The van der Waals surface area contributed by atoms with Crippen molar-refractivity contribution in [2.75, 3.05) is 0 Å². The molecule has 0 amide bonds. The Bertz CT molecular complexity index is 997. The summed E-state index contributed by atoms with van der Waals surface area (Å²) in [6.07, 6.45) is 0. The number of carbonyl (C=O) groups is 1. The third kappa shape index (κ3) is 4.95. The van der Waals surface area contributed by atoms with E-state index in [1.54, 1.807) is 0 Å². The predicted octanol–water partition coefficient (Wildman–Crippen LogP) is 5.52. The first-order valence-corrected chi connectivity index (χ1v) is 10.1. The van der Waals surface area contributed by atoms with E-state index in [0.717, 1.165) is 39.1 Å². The van der Waals surface area contributed by atoms with Gasteiger partial charge in [0.2, 0.25) is 0 Å². The molecule has 28 heavy (non-hydrogen) atoms. The number of aryl methyl sites for hydroxylation is 3. The fraction of sp³-hybridized carbons (Fsp3) is 0.208. The molecule has 2 nitrogen and oxygen atoms in total. The molecule has 0 saturated carbocycles. The first kappa shape index (κ1) is 22.4. The van der Waals surface area contributed by atoms with Crippen molar-refractivity contribution in [1.29, 1.82) is 0 Å². The van der Waals surface area contributed by atoms with Gasteiger partial charge in [0.15, 0.2) is 5.52 Å². The topological polar surface area (TPSA) is 26.3 Å². The van der Waals surface area contributed by atoms with E-state index in [1.165, 1.54) is 11.1 Å². The number of ether oxygens (including phenoxy) is 1. The molecule has 4 heteroatoms. The van der Waals surface area contributed by atoms with Crippen molar-refractivity contribution in [3.05, 3.63) is 88.0 Å². The Hall–Kier alpha value is -1.84. The molecule has 0 aliphatic heterocycles. The zero-order valence-electron chi connectivity index (χ0n) is 16.5. The van der Waals surface area contributed by atoms with Crippen LogP contribution >= 0.6 is 8.58 Å². The summed E-state index contributed by atoms with van der Waals surface area (Å²) in [5.41, 5.74) is 6.77. The van der Waals surface area contributed by atoms with Crippen molar-refractivity contribution in [1.82, 2.24) is 0 Å². The van der Waals surface area contributed by atoms with E-state index >= 15 is 0 Å². The summed E-state index contributed by atoms with van der Waals surface area (Å²) in [5.74, 6) is 1.60. The summed E-state index contributed by atoms with van der Waals surface area (Å²) in [6, 6.07) is 17.8. The zero-order chi connectivity index (χ0) is 19.6. The molecule has 0 heterocycles. The first-order chi connectivity index (χ1) is 12.9. The van der Waals surface area contributed by atoms with E-state index < -0.39 is 0 Å². The van der Waals surface area contributed by atoms with Crippen LogP contribution < -0.4 is 10.0 Å².